The van der Waals surface area contributed by atoms with Gasteiger partial charge in [0.1, 0.15) is 0 Å². The number of thiophene rings is 1. The molecule has 0 aliphatic rings. The second-order valence-electron chi connectivity index (χ2n) is 5.70. The number of carbonyl (C=O) groups excluding carboxylic acids is 1. The summed E-state index contributed by atoms with van der Waals surface area (Å²) in [5.74, 6) is -0.0844. The maximum absolute atomic E-state index is 12.9. The Morgan fingerprint density at radius 1 is 1.19 bits per heavy atom. The first-order chi connectivity index (χ1) is 12.4. The third kappa shape index (κ3) is 4.47. The molecule has 0 aliphatic heterocycles. The minimum Gasteiger partial charge on any atom is -0.284 e. The molecule has 0 saturated heterocycles. The van der Waals surface area contributed by atoms with Crippen LogP contribution in [-0.2, 0) is 16.4 Å². The van der Waals surface area contributed by atoms with Crippen LogP contribution in [0.3, 0.4) is 0 Å². The summed E-state index contributed by atoms with van der Waals surface area (Å²) in [5, 5.41) is 0.687. The number of sulfonamides is 1. The number of nitrogens with zero attached hydrogens (tertiary/aromatic N) is 2. The fourth-order valence-electron chi connectivity index (χ4n) is 2.46. The second kappa shape index (κ2) is 7.83. The number of anilines is 1. The lowest BCUT2D eigenvalue weighted by Gasteiger charge is -2.16. The third-order valence-electron chi connectivity index (χ3n) is 3.68. The summed E-state index contributed by atoms with van der Waals surface area (Å²) in [6.45, 7) is 2.78. The zero-order chi connectivity index (χ0) is 18.7. The molecule has 2 aromatic heterocycles. The van der Waals surface area contributed by atoms with Crippen molar-refractivity contribution in [3.05, 3.63) is 46.2 Å². The first kappa shape index (κ1) is 19.0. The van der Waals surface area contributed by atoms with Crippen molar-refractivity contribution in [3.63, 3.8) is 0 Å². The molecule has 3 rings (SSSR count). The van der Waals surface area contributed by atoms with E-state index >= 15 is 0 Å². The summed E-state index contributed by atoms with van der Waals surface area (Å²) in [7, 11) is -3.20. The first-order valence-electron chi connectivity index (χ1n) is 8.08. The van der Waals surface area contributed by atoms with Crippen LogP contribution in [0, 0.1) is 0 Å². The summed E-state index contributed by atoms with van der Waals surface area (Å²) < 4.78 is 25.7. The molecule has 0 spiro atoms. The Morgan fingerprint density at radius 2 is 1.96 bits per heavy atom. The van der Waals surface area contributed by atoms with Gasteiger partial charge in [-0.2, -0.15) is 0 Å². The van der Waals surface area contributed by atoms with Gasteiger partial charge in [0.25, 0.3) is 5.91 Å². The molecule has 0 atom stereocenters. The molecule has 0 saturated carbocycles. The fraction of sp³-hybridized carbons (Fsp3) is 0.294. The summed E-state index contributed by atoms with van der Waals surface area (Å²) >= 11 is 2.89. The average Bonchev–Trinajstić information content (AvgIpc) is 3.20. The van der Waals surface area contributed by atoms with Crippen molar-refractivity contribution in [2.45, 2.75) is 13.3 Å². The smallest absolute Gasteiger partial charge is 0.270 e. The highest BCUT2D eigenvalue weighted by Crippen LogP contribution is 2.30. The van der Waals surface area contributed by atoms with Gasteiger partial charge in [0, 0.05) is 18.0 Å². The Hall–Kier alpha value is -1.81. The van der Waals surface area contributed by atoms with Crippen LogP contribution < -0.4 is 9.62 Å². The molecule has 1 aromatic carbocycles. The van der Waals surface area contributed by atoms with E-state index in [1.807, 2.05) is 37.3 Å². The molecule has 0 fully saturated rings. The molecule has 0 bridgehead atoms. The maximum atomic E-state index is 12.9. The third-order valence-corrected chi connectivity index (χ3v) is 6.60. The average molecular weight is 410 g/mol. The number of hydrogen-bond acceptors (Lipinski definition) is 6. The summed E-state index contributed by atoms with van der Waals surface area (Å²) in [4.78, 5) is 20.7. The van der Waals surface area contributed by atoms with Gasteiger partial charge in [-0.05, 0) is 37.6 Å². The van der Waals surface area contributed by atoms with Crippen molar-refractivity contribution >= 4 is 54.0 Å². The Bertz CT molecular complexity index is 991. The number of hydrogen-bond donors (Lipinski definition) is 1. The molecule has 1 N–H and O–H groups in total. The van der Waals surface area contributed by atoms with E-state index in [0.717, 1.165) is 21.3 Å². The molecule has 6 nitrogen and oxygen atoms in total. The van der Waals surface area contributed by atoms with Crippen LogP contribution in [0.1, 0.15) is 21.5 Å². The molecule has 9 heteroatoms. The molecular weight excluding hydrogens is 390 g/mol. The van der Waals surface area contributed by atoms with E-state index in [1.54, 1.807) is 11.0 Å². The van der Waals surface area contributed by atoms with E-state index < -0.39 is 10.0 Å². The number of thiazole rings is 1. The minimum atomic E-state index is -3.20. The van der Waals surface area contributed by atoms with Gasteiger partial charge in [-0.3, -0.25) is 9.69 Å². The fourth-order valence-corrected chi connectivity index (χ4v) is 4.92. The van der Waals surface area contributed by atoms with Gasteiger partial charge in [0.05, 0.1) is 21.3 Å². The predicted octanol–water partition coefficient (Wildman–Crippen LogP) is 3.12. The quantitative estimate of drug-likeness (QED) is 0.650. The number of fused-ring (bicyclic) bond motifs is 1. The SMILES string of the molecule is CCN(C(=O)c1ccc(CCNS(C)(=O)=O)s1)c1nc2ccccc2s1. The zero-order valence-electron chi connectivity index (χ0n) is 14.4. The molecular formula is C17H19N3O3S3. The second-order valence-corrected chi connectivity index (χ2v) is 9.71. The van der Waals surface area contributed by atoms with Gasteiger partial charge < -0.3 is 0 Å². The Labute approximate surface area is 160 Å². The molecule has 26 heavy (non-hydrogen) atoms. The monoisotopic (exact) mass is 409 g/mol. The maximum Gasteiger partial charge on any atom is 0.270 e. The van der Waals surface area contributed by atoms with Gasteiger partial charge in [-0.25, -0.2) is 18.1 Å². The van der Waals surface area contributed by atoms with Crippen LogP contribution in [0.2, 0.25) is 0 Å². The Kier molecular flexibility index (Phi) is 5.71. The van der Waals surface area contributed by atoms with Crippen molar-refractivity contribution < 1.29 is 13.2 Å². The number of rotatable bonds is 7. The van der Waals surface area contributed by atoms with E-state index in [2.05, 4.69) is 9.71 Å². The van der Waals surface area contributed by atoms with Crippen molar-refractivity contribution in [2.75, 3.05) is 24.2 Å². The minimum absolute atomic E-state index is 0.0844. The summed E-state index contributed by atoms with van der Waals surface area (Å²) in [5.41, 5.74) is 0.887. The van der Waals surface area contributed by atoms with Crippen LogP contribution in [0.4, 0.5) is 5.13 Å². The van der Waals surface area contributed by atoms with Crippen LogP contribution in [0.25, 0.3) is 10.2 Å². The van der Waals surface area contributed by atoms with Gasteiger partial charge in [-0.1, -0.05) is 23.5 Å². The van der Waals surface area contributed by atoms with Crippen LogP contribution in [-0.4, -0.2) is 38.7 Å². The van der Waals surface area contributed by atoms with Crippen molar-refractivity contribution in [1.82, 2.24) is 9.71 Å². The Balaban J connectivity index is 1.74. The van der Waals surface area contributed by atoms with E-state index in [1.165, 1.54) is 22.7 Å². The number of aromatic nitrogens is 1. The molecule has 0 unspecified atom stereocenters. The van der Waals surface area contributed by atoms with Crippen LogP contribution in [0.15, 0.2) is 36.4 Å². The lowest BCUT2D eigenvalue weighted by molar-refractivity contribution is 0.0992. The number of carbonyl (C=O) groups is 1. The largest absolute Gasteiger partial charge is 0.284 e. The number of amides is 1. The van der Waals surface area contributed by atoms with Gasteiger partial charge in [0.2, 0.25) is 10.0 Å². The number of benzene rings is 1. The van der Waals surface area contributed by atoms with Crippen molar-refractivity contribution in [2.24, 2.45) is 0 Å². The highest BCUT2D eigenvalue weighted by molar-refractivity contribution is 7.88. The molecule has 0 aliphatic carbocycles. The number of nitrogens with one attached hydrogen (secondary N) is 1. The molecule has 0 radical (unpaired) electrons. The molecule has 138 valence electrons. The lowest BCUT2D eigenvalue weighted by Crippen LogP contribution is -2.29. The van der Waals surface area contributed by atoms with Crippen molar-refractivity contribution in [3.8, 4) is 0 Å². The van der Waals surface area contributed by atoms with Gasteiger partial charge >= 0.3 is 0 Å². The standard InChI is InChI=1S/C17H19N3O3S3/c1-3-20(17-19-13-6-4-5-7-14(13)25-17)16(21)15-9-8-12(24-15)10-11-18-26(2,22)23/h4-9,18H,3,10-11H2,1-2H3. The van der Waals surface area contributed by atoms with Gasteiger partial charge in [-0.15, -0.1) is 11.3 Å². The normalized spacial score (nSPS) is 11.8. The Morgan fingerprint density at radius 3 is 2.65 bits per heavy atom. The zero-order valence-corrected chi connectivity index (χ0v) is 16.9. The summed E-state index contributed by atoms with van der Waals surface area (Å²) in [6, 6.07) is 11.5. The van der Waals surface area contributed by atoms with Crippen molar-refractivity contribution in [1.29, 1.82) is 0 Å². The molecule has 1 amide bonds. The lowest BCUT2D eigenvalue weighted by atomic mass is 10.3. The van der Waals surface area contributed by atoms with Crippen LogP contribution >= 0.6 is 22.7 Å². The summed E-state index contributed by atoms with van der Waals surface area (Å²) in [6.07, 6.45) is 1.69. The number of para-hydroxylation sites is 1. The van der Waals surface area contributed by atoms with E-state index in [0.29, 0.717) is 29.5 Å². The first-order valence-corrected chi connectivity index (χ1v) is 11.6. The molecule has 2 heterocycles. The molecule has 3 aromatic rings. The van der Waals surface area contributed by atoms with E-state index in [-0.39, 0.29) is 5.91 Å². The van der Waals surface area contributed by atoms with E-state index in [4.69, 9.17) is 0 Å². The highest BCUT2D eigenvalue weighted by atomic mass is 32.2. The van der Waals surface area contributed by atoms with Gasteiger partial charge in [0.15, 0.2) is 5.13 Å². The van der Waals surface area contributed by atoms with E-state index in [9.17, 15) is 13.2 Å². The topological polar surface area (TPSA) is 79.4 Å². The van der Waals surface area contributed by atoms with Crippen LogP contribution in [0.5, 0.6) is 0 Å². The predicted molar refractivity (Wildman–Crippen MR) is 108 cm³/mol. The highest BCUT2D eigenvalue weighted by Gasteiger charge is 2.21.